The standard InChI is InChI=1S/C9H12ClFN2O2S/c1-12-5-6-13-16(14,15)9-7(10)3-2-4-8(9)11/h2-4,12-13H,5-6H2,1H3. The van der Waals surface area contributed by atoms with Gasteiger partial charge in [0.15, 0.2) is 0 Å². The van der Waals surface area contributed by atoms with Crippen LogP contribution >= 0.6 is 11.6 Å². The zero-order chi connectivity index (χ0) is 12.2. The third-order valence-corrected chi connectivity index (χ3v) is 3.82. The van der Waals surface area contributed by atoms with Crippen molar-refractivity contribution >= 4 is 21.6 Å². The van der Waals surface area contributed by atoms with Gasteiger partial charge in [0.1, 0.15) is 10.7 Å². The van der Waals surface area contributed by atoms with Gasteiger partial charge in [0, 0.05) is 13.1 Å². The van der Waals surface area contributed by atoms with Crippen LogP contribution < -0.4 is 10.0 Å². The van der Waals surface area contributed by atoms with Crippen LogP contribution in [0.5, 0.6) is 0 Å². The Labute approximate surface area is 98.9 Å². The lowest BCUT2D eigenvalue weighted by Gasteiger charge is -2.08. The third-order valence-electron chi connectivity index (χ3n) is 1.85. The van der Waals surface area contributed by atoms with Crippen molar-refractivity contribution in [3.8, 4) is 0 Å². The highest BCUT2D eigenvalue weighted by molar-refractivity contribution is 7.89. The maximum Gasteiger partial charge on any atom is 0.245 e. The van der Waals surface area contributed by atoms with E-state index in [0.29, 0.717) is 6.54 Å². The summed E-state index contributed by atoms with van der Waals surface area (Å²) in [7, 11) is -2.21. The zero-order valence-corrected chi connectivity index (χ0v) is 10.2. The molecule has 0 aromatic heterocycles. The fourth-order valence-corrected chi connectivity index (χ4v) is 2.75. The minimum atomic E-state index is -3.89. The molecule has 0 unspecified atom stereocenters. The number of hydrogen-bond acceptors (Lipinski definition) is 3. The van der Waals surface area contributed by atoms with Crippen LogP contribution in [0.15, 0.2) is 23.1 Å². The summed E-state index contributed by atoms with van der Waals surface area (Å²) in [6.07, 6.45) is 0. The Hall–Kier alpha value is -0.690. The molecule has 2 N–H and O–H groups in total. The quantitative estimate of drug-likeness (QED) is 0.781. The number of likely N-dealkylation sites (N-methyl/N-ethyl adjacent to an activating group) is 1. The van der Waals surface area contributed by atoms with Gasteiger partial charge in [-0.25, -0.2) is 17.5 Å². The Bertz CT molecular complexity index is 444. The maximum absolute atomic E-state index is 13.3. The molecule has 0 aliphatic rings. The molecule has 0 radical (unpaired) electrons. The number of benzene rings is 1. The second-order valence-corrected chi connectivity index (χ2v) is 5.16. The first-order valence-electron chi connectivity index (χ1n) is 4.57. The van der Waals surface area contributed by atoms with Gasteiger partial charge in [0.05, 0.1) is 5.02 Å². The average molecular weight is 267 g/mol. The highest BCUT2D eigenvalue weighted by Crippen LogP contribution is 2.23. The van der Waals surface area contributed by atoms with E-state index in [4.69, 9.17) is 11.6 Å². The van der Waals surface area contributed by atoms with Gasteiger partial charge in [-0.05, 0) is 19.2 Å². The average Bonchev–Trinajstić information content (AvgIpc) is 2.17. The molecule has 0 aliphatic carbocycles. The molecule has 1 aromatic carbocycles. The molecule has 1 aromatic rings. The normalized spacial score (nSPS) is 11.7. The highest BCUT2D eigenvalue weighted by Gasteiger charge is 2.21. The first-order chi connectivity index (χ1) is 7.49. The lowest BCUT2D eigenvalue weighted by atomic mass is 10.3. The molecule has 16 heavy (non-hydrogen) atoms. The van der Waals surface area contributed by atoms with Crippen LogP contribution in [0.2, 0.25) is 5.02 Å². The van der Waals surface area contributed by atoms with E-state index in [9.17, 15) is 12.8 Å². The molecule has 0 atom stereocenters. The largest absolute Gasteiger partial charge is 0.318 e. The molecule has 0 amide bonds. The van der Waals surface area contributed by atoms with Crippen LogP contribution in [-0.2, 0) is 10.0 Å². The fraction of sp³-hybridized carbons (Fsp3) is 0.333. The van der Waals surface area contributed by atoms with Gasteiger partial charge in [-0.2, -0.15) is 0 Å². The predicted molar refractivity (Wildman–Crippen MR) is 60.5 cm³/mol. The highest BCUT2D eigenvalue weighted by atomic mass is 35.5. The van der Waals surface area contributed by atoms with Crippen LogP contribution in [0, 0.1) is 5.82 Å². The molecular weight excluding hydrogens is 255 g/mol. The molecule has 0 spiro atoms. The lowest BCUT2D eigenvalue weighted by Crippen LogP contribution is -2.31. The van der Waals surface area contributed by atoms with Crippen molar-refractivity contribution in [2.75, 3.05) is 20.1 Å². The number of rotatable bonds is 5. The van der Waals surface area contributed by atoms with E-state index in [1.165, 1.54) is 12.1 Å². The molecule has 90 valence electrons. The maximum atomic E-state index is 13.3. The first-order valence-corrected chi connectivity index (χ1v) is 6.43. The number of halogens is 2. The van der Waals surface area contributed by atoms with Gasteiger partial charge in [0.25, 0.3) is 0 Å². The first kappa shape index (κ1) is 13.4. The second kappa shape index (κ2) is 5.58. The van der Waals surface area contributed by atoms with E-state index in [1.807, 2.05) is 0 Å². The molecular formula is C9H12ClFN2O2S. The molecule has 0 saturated heterocycles. The summed E-state index contributed by atoms with van der Waals surface area (Å²) < 4.78 is 38.9. The minimum Gasteiger partial charge on any atom is -0.318 e. The van der Waals surface area contributed by atoms with Gasteiger partial charge < -0.3 is 5.32 Å². The summed E-state index contributed by atoms with van der Waals surface area (Å²) >= 11 is 5.65. The van der Waals surface area contributed by atoms with E-state index < -0.39 is 20.7 Å². The summed E-state index contributed by atoms with van der Waals surface area (Å²) in [6.45, 7) is 0.620. The predicted octanol–water partition coefficient (Wildman–Crippen LogP) is 0.977. The Morgan fingerprint density at radius 1 is 1.38 bits per heavy atom. The zero-order valence-electron chi connectivity index (χ0n) is 8.63. The van der Waals surface area contributed by atoms with Crippen molar-refractivity contribution in [1.29, 1.82) is 0 Å². The SMILES string of the molecule is CNCCNS(=O)(=O)c1c(F)cccc1Cl. The lowest BCUT2D eigenvalue weighted by molar-refractivity contribution is 0.556. The van der Waals surface area contributed by atoms with Crippen molar-refractivity contribution < 1.29 is 12.8 Å². The summed E-state index contributed by atoms with van der Waals surface area (Å²) in [4.78, 5) is -0.507. The smallest absolute Gasteiger partial charge is 0.245 e. The van der Waals surface area contributed by atoms with Crippen LogP contribution in [0.1, 0.15) is 0 Å². The van der Waals surface area contributed by atoms with Gasteiger partial charge >= 0.3 is 0 Å². The molecule has 0 bridgehead atoms. The van der Waals surface area contributed by atoms with Crippen LogP contribution in [0.4, 0.5) is 4.39 Å². The topological polar surface area (TPSA) is 58.2 Å². The summed E-state index contributed by atoms with van der Waals surface area (Å²) in [6, 6.07) is 3.74. The van der Waals surface area contributed by atoms with E-state index in [1.54, 1.807) is 7.05 Å². The fourth-order valence-electron chi connectivity index (χ4n) is 1.12. The van der Waals surface area contributed by atoms with Crippen LogP contribution in [-0.4, -0.2) is 28.6 Å². The van der Waals surface area contributed by atoms with Gasteiger partial charge in [-0.15, -0.1) is 0 Å². The van der Waals surface area contributed by atoms with E-state index in [2.05, 4.69) is 10.0 Å². The number of nitrogens with one attached hydrogen (secondary N) is 2. The van der Waals surface area contributed by atoms with Crippen molar-refractivity contribution in [2.45, 2.75) is 4.90 Å². The second-order valence-electron chi connectivity index (χ2n) is 3.05. The molecule has 7 heteroatoms. The molecule has 0 saturated carbocycles. The van der Waals surface area contributed by atoms with Crippen LogP contribution in [0.3, 0.4) is 0 Å². The molecule has 0 heterocycles. The van der Waals surface area contributed by atoms with Crippen LogP contribution in [0.25, 0.3) is 0 Å². The van der Waals surface area contributed by atoms with E-state index in [-0.39, 0.29) is 11.6 Å². The minimum absolute atomic E-state index is 0.128. The Morgan fingerprint density at radius 2 is 2.06 bits per heavy atom. The molecule has 1 rings (SSSR count). The van der Waals surface area contributed by atoms with Gasteiger partial charge in [-0.3, -0.25) is 0 Å². The Balaban J connectivity index is 2.98. The monoisotopic (exact) mass is 266 g/mol. The van der Waals surface area contributed by atoms with Crippen molar-refractivity contribution in [3.63, 3.8) is 0 Å². The van der Waals surface area contributed by atoms with Gasteiger partial charge in [-0.1, -0.05) is 17.7 Å². The third kappa shape index (κ3) is 3.15. The molecule has 0 aliphatic heterocycles. The Morgan fingerprint density at radius 3 is 2.62 bits per heavy atom. The summed E-state index contributed by atoms with van der Waals surface area (Å²) in [5.41, 5.74) is 0. The summed E-state index contributed by atoms with van der Waals surface area (Å²) in [5, 5.41) is 2.64. The molecule has 0 fully saturated rings. The van der Waals surface area contributed by atoms with Crippen molar-refractivity contribution in [3.05, 3.63) is 29.0 Å². The Kier molecular flexibility index (Phi) is 4.67. The van der Waals surface area contributed by atoms with E-state index in [0.717, 1.165) is 6.07 Å². The van der Waals surface area contributed by atoms with Gasteiger partial charge in [0.2, 0.25) is 10.0 Å². The summed E-state index contributed by atoms with van der Waals surface area (Å²) in [5.74, 6) is -0.857. The number of sulfonamides is 1. The van der Waals surface area contributed by atoms with Crippen molar-refractivity contribution in [2.24, 2.45) is 0 Å². The molecule has 4 nitrogen and oxygen atoms in total. The van der Waals surface area contributed by atoms with Crippen molar-refractivity contribution in [1.82, 2.24) is 10.0 Å². The number of hydrogen-bond donors (Lipinski definition) is 2. The van der Waals surface area contributed by atoms with E-state index >= 15 is 0 Å².